The van der Waals surface area contributed by atoms with E-state index < -0.39 is 0 Å². The number of ether oxygens (including phenoxy) is 1. The third-order valence-electron chi connectivity index (χ3n) is 2.80. The van der Waals surface area contributed by atoms with Crippen LogP contribution in [0, 0.1) is 5.82 Å². The molecule has 98 valence electrons. The molecule has 4 nitrogen and oxygen atoms in total. The van der Waals surface area contributed by atoms with Gasteiger partial charge in [-0.2, -0.15) is 0 Å². The maximum absolute atomic E-state index is 13.0. The summed E-state index contributed by atoms with van der Waals surface area (Å²) < 4.78 is 18.7. The zero-order valence-corrected chi connectivity index (χ0v) is 10.3. The predicted octanol–water partition coefficient (Wildman–Crippen LogP) is 0.855. The number of amides is 1. The van der Waals surface area contributed by atoms with Crippen LogP contribution in [0.3, 0.4) is 0 Å². The zero-order valence-electron chi connectivity index (χ0n) is 10.3. The summed E-state index contributed by atoms with van der Waals surface area (Å²) in [4.78, 5) is 11.2. The van der Waals surface area contributed by atoms with Crippen LogP contribution in [0.5, 0.6) is 5.75 Å². The lowest BCUT2D eigenvalue weighted by Crippen LogP contribution is -2.38. The summed E-state index contributed by atoms with van der Waals surface area (Å²) in [7, 11) is 0. The van der Waals surface area contributed by atoms with Gasteiger partial charge in [-0.05, 0) is 25.1 Å². The summed E-state index contributed by atoms with van der Waals surface area (Å²) >= 11 is 0. The number of carbonyl (C=O) groups is 1. The first-order valence-corrected chi connectivity index (χ1v) is 6.11. The molecule has 1 aromatic rings. The highest BCUT2D eigenvalue weighted by Crippen LogP contribution is 2.28. The highest BCUT2D eigenvalue weighted by Gasteiger charge is 2.22. The molecule has 1 heterocycles. The molecule has 0 radical (unpaired) electrons. The number of nitrogens with one attached hydrogen (secondary N) is 2. The fraction of sp³-hybridized carbons (Fsp3) is 0.462. The molecule has 1 amide bonds. The van der Waals surface area contributed by atoms with Crippen LogP contribution >= 0.6 is 0 Å². The molecule has 1 atom stereocenters. The predicted molar refractivity (Wildman–Crippen MR) is 66.1 cm³/mol. The fourth-order valence-electron chi connectivity index (χ4n) is 2.01. The number of fused-ring (bicyclic) bond motifs is 1. The lowest BCUT2D eigenvalue weighted by atomic mass is 10.1. The summed E-state index contributed by atoms with van der Waals surface area (Å²) in [6.45, 7) is 3.36. The second kappa shape index (κ2) is 5.82. The average molecular weight is 252 g/mol. The molecule has 0 spiro atoms. The Morgan fingerprint density at radius 3 is 3.17 bits per heavy atom. The molecule has 0 saturated carbocycles. The van der Waals surface area contributed by atoms with Crippen molar-refractivity contribution in [2.45, 2.75) is 19.4 Å². The molecule has 18 heavy (non-hydrogen) atoms. The minimum absolute atomic E-state index is 0.0287. The van der Waals surface area contributed by atoms with Crippen molar-refractivity contribution in [2.75, 3.05) is 19.6 Å². The van der Waals surface area contributed by atoms with Crippen molar-refractivity contribution in [1.29, 1.82) is 0 Å². The van der Waals surface area contributed by atoms with Crippen LogP contribution in [0.25, 0.3) is 0 Å². The van der Waals surface area contributed by atoms with Crippen LogP contribution in [-0.4, -0.2) is 31.6 Å². The van der Waals surface area contributed by atoms with E-state index in [-0.39, 0.29) is 24.4 Å². The molecule has 0 aliphatic carbocycles. The van der Waals surface area contributed by atoms with Crippen LogP contribution in [0.15, 0.2) is 18.2 Å². The molecular weight excluding hydrogens is 235 g/mol. The van der Waals surface area contributed by atoms with Gasteiger partial charge in [-0.3, -0.25) is 4.79 Å². The Balaban J connectivity index is 1.76. The van der Waals surface area contributed by atoms with Gasteiger partial charge in [-0.1, -0.05) is 0 Å². The third-order valence-corrected chi connectivity index (χ3v) is 2.80. The van der Waals surface area contributed by atoms with Crippen LogP contribution < -0.4 is 15.4 Å². The van der Waals surface area contributed by atoms with Gasteiger partial charge in [0.1, 0.15) is 17.7 Å². The molecule has 0 aromatic heterocycles. The molecule has 2 N–H and O–H groups in total. The first-order chi connectivity index (χ1) is 8.69. The number of rotatable bonds is 5. The van der Waals surface area contributed by atoms with E-state index in [0.29, 0.717) is 19.5 Å². The summed E-state index contributed by atoms with van der Waals surface area (Å²) in [5.41, 5.74) is 0.889. The van der Waals surface area contributed by atoms with E-state index in [4.69, 9.17) is 4.74 Å². The second-order valence-corrected chi connectivity index (χ2v) is 4.28. The molecule has 1 aliphatic heterocycles. The minimum atomic E-state index is -0.242. The summed E-state index contributed by atoms with van der Waals surface area (Å²) in [6, 6.07) is 4.54. The van der Waals surface area contributed by atoms with Crippen molar-refractivity contribution in [3.63, 3.8) is 0 Å². The Labute approximate surface area is 106 Å². The zero-order chi connectivity index (χ0) is 13.0. The Hall–Kier alpha value is -1.62. The second-order valence-electron chi connectivity index (χ2n) is 4.28. The van der Waals surface area contributed by atoms with Crippen LogP contribution in [-0.2, 0) is 11.2 Å². The largest absolute Gasteiger partial charge is 0.488 e. The van der Waals surface area contributed by atoms with E-state index >= 15 is 0 Å². The Morgan fingerprint density at radius 2 is 2.39 bits per heavy atom. The van der Waals surface area contributed by atoms with Crippen molar-refractivity contribution in [2.24, 2.45) is 0 Å². The molecular formula is C13H17FN2O2. The van der Waals surface area contributed by atoms with E-state index in [0.717, 1.165) is 11.3 Å². The standard InChI is InChI=1S/C13H17FN2O2/c1-2-16-13(17)8-15-7-11-6-9-5-10(14)3-4-12(9)18-11/h3-5,11,15H,2,6-8H2,1H3,(H,16,17). The van der Waals surface area contributed by atoms with Gasteiger partial charge < -0.3 is 15.4 Å². The maximum Gasteiger partial charge on any atom is 0.233 e. The fourth-order valence-corrected chi connectivity index (χ4v) is 2.01. The van der Waals surface area contributed by atoms with Gasteiger partial charge in [0.15, 0.2) is 0 Å². The van der Waals surface area contributed by atoms with E-state index in [1.807, 2.05) is 6.92 Å². The Kier molecular flexibility index (Phi) is 4.15. The third kappa shape index (κ3) is 3.20. The van der Waals surface area contributed by atoms with Crippen LogP contribution in [0.4, 0.5) is 4.39 Å². The molecule has 1 unspecified atom stereocenters. The number of hydrogen-bond acceptors (Lipinski definition) is 3. The smallest absolute Gasteiger partial charge is 0.233 e. The summed E-state index contributed by atoms with van der Waals surface area (Å²) in [5.74, 6) is 0.466. The normalized spacial score (nSPS) is 17.1. The van der Waals surface area contributed by atoms with Crippen molar-refractivity contribution < 1.29 is 13.9 Å². The van der Waals surface area contributed by atoms with E-state index in [1.165, 1.54) is 12.1 Å². The number of benzene rings is 1. The van der Waals surface area contributed by atoms with Gasteiger partial charge in [0, 0.05) is 25.1 Å². The SMILES string of the molecule is CCNC(=O)CNCC1Cc2cc(F)ccc2O1. The molecule has 5 heteroatoms. The molecule has 0 saturated heterocycles. The van der Waals surface area contributed by atoms with Crippen molar-refractivity contribution in [3.05, 3.63) is 29.6 Å². The van der Waals surface area contributed by atoms with Gasteiger partial charge >= 0.3 is 0 Å². The average Bonchev–Trinajstić information content (AvgIpc) is 2.71. The van der Waals surface area contributed by atoms with Gasteiger partial charge in [0.05, 0.1) is 6.54 Å². The first-order valence-electron chi connectivity index (χ1n) is 6.11. The number of likely N-dealkylation sites (N-methyl/N-ethyl adjacent to an activating group) is 1. The van der Waals surface area contributed by atoms with Gasteiger partial charge in [0.25, 0.3) is 0 Å². The summed E-state index contributed by atoms with van der Waals surface area (Å²) in [6.07, 6.45) is 0.645. The maximum atomic E-state index is 13.0. The first kappa shape index (κ1) is 12.8. The molecule has 1 aromatic carbocycles. The van der Waals surface area contributed by atoms with Crippen LogP contribution in [0.2, 0.25) is 0 Å². The minimum Gasteiger partial charge on any atom is -0.488 e. The number of hydrogen-bond donors (Lipinski definition) is 2. The summed E-state index contributed by atoms with van der Waals surface area (Å²) in [5, 5.41) is 5.73. The van der Waals surface area contributed by atoms with E-state index in [2.05, 4.69) is 10.6 Å². The number of carbonyl (C=O) groups excluding carboxylic acids is 1. The van der Waals surface area contributed by atoms with Crippen LogP contribution in [0.1, 0.15) is 12.5 Å². The van der Waals surface area contributed by atoms with E-state index in [1.54, 1.807) is 6.07 Å². The molecule has 2 rings (SSSR count). The monoisotopic (exact) mass is 252 g/mol. The van der Waals surface area contributed by atoms with Crippen molar-refractivity contribution in [1.82, 2.24) is 10.6 Å². The quantitative estimate of drug-likeness (QED) is 0.817. The molecule has 0 bridgehead atoms. The van der Waals surface area contributed by atoms with Gasteiger partial charge in [-0.25, -0.2) is 4.39 Å². The Morgan fingerprint density at radius 1 is 1.56 bits per heavy atom. The van der Waals surface area contributed by atoms with Gasteiger partial charge in [-0.15, -0.1) is 0 Å². The lowest BCUT2D eigenvalue weighted by Gasteiger charge is -2.11. The number of halogens is 1. The molecule has 0 fully saturated rings. The Bertz CT molecular complexity index is 437. The van der Waals surface area contributed by atoms with E-state index in [9.17, 15) is 9.18 Å². The molecule has 1 aliphatic rings. The van der Waals surface area contributed by atoms with Crippen molar-refractivity contribution >= 4 is 5.91 Å². The lowest BCUT2D eigenvalue weighted by molar-refractivity contribution is -0.120. The van der Waals surface area contributed by atoms with Crippen molar-refractivity contribution in [3.8, 4) is 5.75 Å². The highest BCUT2D eigenvalue weighted by atomic mass is 19.1. The topological polar surface area (TPSA) is 50.4 Å². The highest BCUT2D eigenvalue weighted by molar-refractivity contribution is 5.77. The van der Waals surface area contributed by atoms with Gasteiger partial charge in [0.2, 0.25) is 5.91 Å².